The van der Waals surface area contributed by atoms with Crippen molar-refractivity contribution in [1.29, 1.82) is 0 Å². The lowest BCUT2D eigenvalue weighted by atomic mass is 9.81. The van der Waals surface area contributed by atoms with Crippen LogP contribution >= 0.6 is 10.7 Å². The van der Waals surface area contributed by atoms with Crippen LogP contribution in [-0.4, -0.2) is 13.7 Å². The molecule has 0 spiro atoms. The number of hydrogen-bond donors (Lipinski definition) is 0. The number of halogens is 1. The molecule has 1 saturated carbocycles. The molecule has 0 heterocycles. The Kier molecular flexibility index (Phi) is 3.41. The van der Waals surface area contributed by atoms with Crippen molar-refractivity contribution in [3.8, 4) is 0 Å². The molecule has 0 radical (unpaired) electrons. The largest absolute Gasteiger partial charge is 0.235 e. The molecular formula is C8H15ClO2S. The number of hydrogen-bond acceptors (Lipinski definition) is 2. The first-order valence-corrected chi connectivity index (χ1v) is 6.86. The Bertz CT molecular complexity index is 231. The van der Waals surface area contributed by atoms with Crippen LogP contribution in [0.3, 0.4) is 0 Å². The molecule has 1 rings (SSSR count). The molecule has 0 bridgehead atoms. The summed E-state index contributed by atoms with van der Waals surface area (Å²) in [5.74, 6) is 0.340. The predicted octanol–water partition coefficient (Wildman–Crippen LogP) is 2.52. The second-order valence-electron chi connectivity index (χ2n) is 3.49. The van der Waals surface area contributed by atoms with E-state index in [9.17, 15) is 8.42 Å². The molecule has 0 amide bonds. The van der Waals surface area contributed by atoms with Crippen molar-refractivity contribution in [3.05, 3.63) is 0 Å². The monoisotopic (exact) mass is 210 g/mol. The molecule has 1 unspecified atom stereocenters. The van der Waals surface area contributed by atoms with Crippen LogP contribution in [0.5, 0.6) is 0 Å². The molecule has 12 heavy (non-hydrogen) atoms. The molecule has 0 N–H and O–H groups in total. The fraction of sp³-hybridized carbons (Fsp3) is 1.00. The van der Waals surface area contributed by atoms with Crippen molar-refractivity contribution in [1.82, 2.24) is 0 Å². The van der Waals surface area contributed by atoms with Gasteiger partial charge in [0.2, 0.25) is 9.05 Å². The van der Waals surface area contributed by atoms with Gasteiger partial charge in [0.15, 0.2) is 0 Å². The molecule has 0 aliphatic heterocycles. The Hall–Kier alpha value is 0.240. The molecule has 0 aromatic carbocycles. The summed E-state index contributed by atoms with van der Waals surface area (Å²) in [6.07, 6.45) is 4.86. The van der Waals surface area contributed by atoms with Crippen molar-refractivity contribution in [3.63, 3.8) is 0 Å². The molecule has 72 valence electrons. The maximum absolute atomic E-state index is 11.1. The van der Waals surface area contributed by atoms with E-state index < -0.39 is 9.05 Å². The Balaban J connectivity index is 2.60. The van der Waals surface area contributed by atoms with E-state index in [2.05, 4.69) is 0 Å². The summed E-state index contributed by atoms with van der Waals surface area (Å²) < 4.78 is 22.2. The summed E-state index contributed by atoms with van der Waals surface area (Å²) in [6.45, 7) is 1.99. The van der Waals surface area contributed by atoms with Crippen molar-refractivity contribution in [2.24, 2.45) is 5.92 Å². The van der Waals surface area contributed by atoms with E-state index in [0.29, 0.717) is 5.92 Å². The zero-order chi connectivity index (χ0) is 9.19. The van der Waals surface area contributed by atoms with Gasteiger partial charge in [-0.1, -0.05) is 19.8 Å². The highest BCUT2D eigenvalue weighted by Crippen LogP contribution is 2.36. The highest BCUT2D eigenvalue weighted by Gasteiger charge is 2.34. The average Bonchev–Trinajstić information content (AvgIpc) is 1.80. The summed E-state index contributed by atoms with van der Waals surface area (Å²) in [4.78, 5) is 0. The predicted molar refractivity (Wildman–Crippen MR) is 50.8 cm³/mol. The first kappa shape index (κ1) is 10.3. The van der Waals surface area contributed by atoms with Gasteiger partial charge in [0, 0.05) is 10.7 Å². The lowest BCUT2D eigenvalue weighted by Crippen LogP contribution is -2.31. The Morgan fingerprint density at radius 2 is 2.08 bits per heavy atom. The topological polar surface area (TPSA) is 34.1 Å². The lowest BCUT2D eigenvalue weighted by Gasteiger charge is -2.31. The second kappa shape index (κ2) is 3.97. The van der Waals surface area contributed by atoms with E-state index in [1.54, 1.807) is 0 Å². The second-order valence-corrected chi connectivity index (χ2v) is 6.34. The van der Waals surface area contributed by atoms with Crippen LogP contribution in [0.2, 0.25) is 0 Å². The SMILES string of the molecule is CCCC(C1CCC1)S(=O)(=O)Cl. The van der Waals surface area contributed by atoms with Gasteiger partial charge in [-0.25, -0.2) is 8.42 Å². The smallest absolute Gasteiger partial charge is 0.212 e. The first-order valence-electron chi connectivity index (χ1n) is 4.49. The Morgan fingerprint density at radius 1 is 1.50 bits per heavy atom. The maximum Gasteiger partial charge on any atom is 0.235 e. The van der Waals surface area contributed by atoms with Crippen LogP contribution in [0.4, 0.5) is 0 Å². The van der Waals surface area contributed by atoms with Gasteiger partial charge in [-0.2, -0.15) is 0 Å². The highest BCUT2D eigenvalue weighted by molar-refractivity contribution is 8.14. The molecule has 1 aliphatic rings. The van der Waals surface area contributed by atoms with Crippen molar-refractivity contribution >= 4 is 19.7 Å². The van der Waals surface area contributed by atoms with Crippen LogP contribution < -0.4 is 0 Å². The minimum atomic E-state index is -3.31. The third-order valence-corrected chi connectivity index (χ3v) is 4.64. The summed E-state index contributed by atoms with van der Waals surface area (Å²) in [6, 6.07) is 0. The zero-order valence-electron chi connectivity index (χ0n) is 7.29. The maximum atomic E-state index is 11.1. The van der Waals surface area contributed by atoms with Crippen molar-refractivity contribution < 1.29 is 8.42 Å². The van der Waals surface area contributed by atoms with Gasteiger partial charge in [-0.15, -0.1) is 0 Å². The fourth-order valence-corrected chi connectivity index (χ4v) is 3.66. The summed E-state index contributed by atoms with van der Waals surface area (Å²) >= 11 is 0. The lowest BCUT2D eigenvalue weighted by molar-refractivity contribution is 0.291. The van der Waals surface area contributed by atoms with Gasteiger partial charge in [0.05, 0.1) is 5.25 Å². The average molecular weight is 211 g/mol. The molecule has 4 heteroatoms. The third-order valence-electron chi connectivity index (χ3n) is 2.61. The summed E-state index contributed by atoms with van der Waals surface area (Å²) in [5, 5.41) is -0.280. The Morgan fingerprint density at radius 3 is 2.33 bits per heavy atom. The third kappa shape index (κ3) is 2.36. The van der Waals surface area contributed by atoms with Crippen LogP contribution in [-0.2, 0) is 9.05 Å². The quantitative estimate of drug-likeness (QED) is 0.669. The van der Waals surface area contributed by atoms with Crippen LogP contribution in [0.1, 0.15) is 39.0 Å². The highest BCUT2D eigenvalue weighted by atomic mass is 35.7. The molecule has 0 aromatic rings. The van der Waals surface area contributed by atoms with E-state index in [4.69, 9.17) is 10.7 Å². The molecule has 1 fully saturated rings. The molecule has 0 saturated heterocycles. The minimum Gasteiger partial charge on any atom is -0.212 e. The molecule has 1 aliphatic carbocycles. The van der Waals surface area contributed by atoms with E-state index in [0.717, 1.165) is 32.1 Å². The van der Waals surface area contributed by atoms with Gasteiger partial charge in [-0.05, 0) is 25.2 Å². The van der Waals surface area contributed by atoms with Crippen LogP contribution in [0, 0.1) is 5.92 Å². The van der Waals surface area contributed by atoms with Crippen LogP contribution in [0.25, 0.3) is 0 Å². The van der Waals surface area contributed by atoms with E-state index in [1.165, 1.54) is 0 Å². The molecule has 0 aromatic heterocycles. The number of rotatable bonds is 4. The van der Waals surface area contributed by atoms with Crippen molar-refractivity contribution in [2.45, 2.75) is 44.3 Å². The molecule has 1 atom stereocenters. The van der Waals surface area contributed by atoms with E-state index >= 15 is 0 Å². The standard InChI is InChI=1S/C8H15ClO2S/c1-2-4-8(12(9,10)11)7-5-3-6-7/h7-8H,2-6H2,1H3. The summed E-state index contributed by atoms with van der Waals surface area (Å²) in [5.41, 5.74) is 0. The zero-order valence-corrected chi connectivity index (χ0v) is 8.87. The molecular weight excluding hydrogens is 196 g/mol. The van der Waals surface area contributed by atoms with Crippen molar-refractivity contribution in [2.75, 3.05) is 0 Å². The van der Waals surface area contributed by atoms with Gasteiger partial charge in [-0.3, -0.25) is 0 Å². The fourth-order valence-electron chi connectivity index (χ4n) is 1.70. The normalized spacial score (nSPS) is 21.8. The Labute approximate surface area is 78.7 Å². The van der Waals surface area contributed by atoms with Crippen LogP contribution in [0.15, 0.2) is 0 Å². The van der Waals surface area contributed by atoms with Gasteiger partial charge in [0.25, 0.3) is 0 Å². The first-order chi connectivity index (χ1) is 5.55. The van der Waals surface area contributed by atoms with E-state index in [-0.39, 0.29) is 5.25 Å². The minimum absolute atomic E-state index is 0.280. The van der Waals surface area contributed by atoms with Gasteiger partial charge in [0.1, 0.15) is 0 Å². The van der Waals surface area contributed by atoms with Gasteiger partial charge >= 0.3 is 0 Å². The summed E-state index contributed by atoms with van der Waals surface area (Å²) in [7, 11) is 2.04. The van der Waals surface area contributed by atoms with Gasteiger partial charge < -0.3 is 0 Å². The molecule has 2 nitrogen and oxygen atoms in total. The van der Waals surface area contributed by atoms with E-state index in [1.807, 2.05) is 6.92 Å².